The third-order valence-corrected chi connectivity index (χ3v) is 4.16. The molecule has 122 valence electrons. The lowest BCUT2D eigenvalue weighted by atomic mass is 10.0. The molecule has 1 aliphatic rings. The molecule has 1 heterocycles. The Morgan fingerprint density at radius 1 is 1.39 bits per heavy atom. The average Bonchev–Trinajstić information content (AvgIpc) is 3.28. The predicted octanol–water partition coefficient (Wildman–Crippen LogP) is 3.06. The summed E-state index contributed by atoms with van der Waals surface area (Å²) in [6, 6.07) is 5.88. The van der Waals surface area contributed by atoms with Crippen molar-refractivity contribution in [3.05, 3.63) is 39.7 Å². The Kier molecular flexibility index (Phi) is 3.88. The Morgan fingerprint density at radius 3 is 2.65 bits per heavy atom. The lowest BCUT2D eigenvalue weighted by molar-refractivity contribution is -0.136. The fourth-order valence-electron chi connectivity index (χ4n) is 3.07. The van der Waals surface area contributed by atoms with Crippen LogP contribution in [0, 0.1) is 6.92 Å². The van der Waals surface area contributed by atoms with Crippen LogP contribution in [0.5, 0.6) is 5.75 Å². The number of pyridine rings is 1. The summed E-state index contributed by atoms with van der Waals surface area (Å²) in [5.41, 5.74) is 1.80. The van der Waals surface area contributed by atoms with E-state index in [4.69, 9.17) is 9.84 Å². The quantitative estimate of drug-likeness (QED) is 0.920. The zero-order valence-electron chi connectivity index (χ0n) is 13.6. The third-order valence-electron chi connectivity index (χ3n) is 4.16. The fourth-order valence-corrected chi connectivity index (χ4v) is 3.07. The van der Waals surface area contributed by atoms with Crippen molar-refractivity contribution in [1.82, 2.24) is 4.57 Å². The van der Waals surface area contributed by atoms with Gasteiger partial charge in [0.25, 0.3) is 0 Å². The molecule has 0 saturated heterocycles. The van der Waals surface area contributed by atoms with Gasteiger partial charge in [-0.25, -0.2) is 0 Å². The van der Waals surface area contributed by atoms with Gasteiger partial charge in [0.1, 0.15) is 5.75 Å². The number of carboxylic acid groups (broad SMARTS) is 1. The normalized spacial score (nSPS) is 14.4. The predicted molar refractivity (Wildman–Crippen MR) is 88.3 cm³/mol. The van der Waals surface area contributed by atoms with Gasteiger partial charge in [-0.1, -0.05) is 0 Å². The second-order valence-electron chi connectivity index (χ2n) is 6.41. The van der Waals surface area contributed by atoms with E-state index in [1.54, 1.807) is 6.07 Å². The van der Waals surface area contributed by atoms with Gasteiger partial charge in [-0.3, -0.25) is 9.59 Å². The largest absolute Gasteiger partial charge is 0.491 e. The van der Waals surface area contributed by atoms with E-state index in [-0.39, 0.29) is 18.0 Å². The number of ether oxygens (including phenoxy) is 1. The number of hydrogen-bond acceptors (Lipinski definition) is 3. The average molecular weight is 315 g/mol. The molecule has 2 aromatic rings. The van der Waals surface area contributed by atoms with Crippen molar-refractivity contribution in [1.29, 1.82) is 0 Å². The molecule has 0 atom stereocenters. The van der Waals surface area contributed by atoms with Crippen molar-refractivity contribution in [2.45, 2.75) is 52.2 Å². The van der Waals surface area contributed by atoms with Crippen molar-refractivity contribution in [3.8, 4) is 5.75 Å². The van der Waals surface area contributed by atoms with E-state index >= 15 is 0 Å². The molecule has 1 fully saturated rings. The molecule has 5 heteroatoms. The summed E-state index contributed by atoms with van der Waals surface area (Å²) < 4.78 is 7.80. The molecule has 23 heavy (non-hydrogen) atoms. The van der Waals surface area contributed by atoms with Crippen molar-refractivity contribution in [2.24, 2.45) is 0 Å². The van der Waals surface area contributed by atoms with E-state index in [0.717, 1.165) is 24.1 Å². The van der Waals surface area contributed by atoms with Crippen LogP contribution >= 0.6 is 0 Å². The zero-order valence-corrected chi connectivity index (χ0v) is 13.6. The monoisotopic (exact) mass is 315 g/mol. The summed E-state index contributed by atoms with van der Waals surface area (Å²) in [6.45, 7) is 5.70. The molecule has 3 rings (SSSR count). The Balaban J connectivity index is 2.26. The second-order valence-corrected chi connectivity index (χ2v) is 6.41. The molecule has 1 N–H and O–H groups in total. The van der Waals surface area contributed by atoms with E-state index < -0.39 is 5.97 Å². The fraction of sp³-hybridized carbons (Fsp3) is 0.444. The summed E-state index contributed by atoms with van der Waals surface area (Å²) in [4.78, 5) is 23.9. The third kappa shape index (κ3) is 2.96. The highest BCUT2D eigenvalue weighted by Crippen LogP contribution is 2.39. The van der Waals surface area contributed by atoms with Crippen LogP contribution in [0.4, 0.5) is 0 Å². The molecule has 0 aliphatic heterocycles. The molecule has 0 bridgehead atoms. The summed E-state index contributed by atoms with van der Waals surface area (Å²) in [5, 5.41) is 9.67. The highest BCUT2D eigenvalue weighted by Gasteiger charge is 2.28. The molecular formula is C18H21NO4. The first-order valence-electron chi connectivity index (χ1n) is 7.94. The van der Waals surface area contributed by atoms with E-state index in [1.807, 2.05) is 32.9 Å². The number of fused-ring (bicyclic) bond motifs is 1. The molecule has 0 radical (unpaired) electrons. The van der Waals surface area contributed by atoms with Crippen molar-refractivity contribution in [2.75, 3.05) is 0 Å². The molecule has 5 nitrogen and oxygen atoms in total. The number of aromatic nitrogens is 1. The summed E-state index contributed by atoms with van der Waals surface area (Å²) in [6.07, 6.45) is 1.90. The van der Waals surface area contributed by atoms with Crippen LogP contribution in [0.15, 0.2) is 23.0 Å². The van der Waals surface area contributed by atoms with Gasteiger partial charge in [-0.2, -0.15) is 0 Å². The Labute approximate surface area is 134 Å². The van der Waals surface area contributed by atoms with Crippen molar-refractivity contribution in [3.63, 3.8) is 0 Å². The smallest absolute Gasteiger partial charge is 0.308 e. The maximum atomic E-state index is 12.8. The first kappa shape index (κ1) is 15.6. The lowest BCUT2D eigenvalue weighted by Gasteiger charge is -2.18. The first-order chi connectivity index (χ1) is 10.9. The van der Waals surface area contributed by atoms with Gasteiger partial charge < -0.3 is 14.4 Å². The lowest BCUT2D eigenvalue weighted by Crippen LogP contribution is -2.21. The Bertz CT molecular complexity index is 831. The first-order valence-corrected chi connectivity index (χ1v) is 7.94. The van der Waals surface area contributed by atoms with Gasteiger partial charge in [0.15, 0.2) is 5.43 Å². The topological polar surface area (TPSA) is 68.5 Å². The molecule has 0 unspecified atom stereocenters. The number of carboxylic acids is 1. The zero-order chi connectivity index (χ0) is 16.7. The van der Waals surface area contributed by atoms with Gasteiger partial charge in [0.05, 0.1) is 18.0 Å². The van der Waals surface area contributed by atoms with Gasteiger partial charge in [0.2, 0.25) is 0 Å². The van der Waals surface area contributed by atoms with Crippen LogP contribution in [0.25, 0.3) is 10.9 Å². The minimum Gasteiger partial charge on any atom is -0.491 e. The van der Waals surface area contributed by atoms with Crippen LogP contribution in [-0.2, 0) is 11.2 Å². The molecule has 1 aromatic heterocycles. The molecule has 0 amide bonds. The van der Waals surface area contributed by atoms with Crippen LogP contribution in [0.1, 0.15) is 44.0 Å². The number of aliphatic carboxylic acids is 1. The van der Waals surface area contributed by atoms with Crippen LogP contribution in [0.3, 0.4) is 0 Å². The van der Waals surface area contributed by atoms with E-state index in [2.05, 4.69) is 4.57 Å². The molecule has 1 saturated carbocycles. The number of hydrogen-bond donors (Lipinski definition) is 1. The second kappa shape index (κ2) is 5.72. The van der Waals surface area contributed by atoms with Gasteiger partial charge >= 0.3 is 5.97 Å². The molecule has 0 spiro atoms. The maximum absolute atomic E-state index is 12.8. The minimum absolute atomic E-state index is 0.0158. The maximum Gasteiger partial charge on any atom is 0.308 e. The SMILES string of the molecule is Cc1c(CC(=O)O)c(=O)c2cc(OC(C)C)ccc2n1C1CC1. The summed E-state index contributed by atoms with van der Waals surface area (Å²) in [7, 11) is 0. The van der Waals surface area contributed by atoms with E-state index in [0.29, 0.717) is 22.7 Å². The van der Waals surface area contributed by atoms with Gasteiger partial charge in [-0.15, -0.1) is 0 Å². The van der Waals surface area contributed by atoms with Gasteiger partial charge in [0, 0.05) is 22.7 Å². The van der Waals surface area contributed by atoms with Crippen LogP contribution in [0.2, 0.25) is 0 Å². The Hall–Kier alpha value is -2.30. The van der Waals surface area contributed by atoms with Gasteiger partial charge in [-0.05, 0) is 51.8 Å². The minimum atomic E-state index is -0.985. The summed E-state index contributed by atoms with van der Waals surface area (Å²) >= 11 is 0. The number of carbonyl (C=O) groups is 1. The number of rotatable bonds is 5. The van der Waals surface area contributed by atoms with E-state index in [9.17, 15) is 9.59 Å². The summed E-state index contributed by atoms with van der Waals surface area (Å²) in [5.74, 6) is -0.349. The van der Waals surface area contributed by atoms with Crippen LogP contribution in [-0.4, -0.2) is 21.7 Å². The highest BCUT2D eigenvalue weighted by atomic mass is 16.5. The number of benzene rings is 1. The van der Waals surface area contributed by atoms with E-state index in [1.165, 1.54) is 0 Å². The van der Waals surface area contributed by atoms with Crippen LogP contribution < -0.4 is 10.2 Å². The van der Waals surface area contributed by atoms with Crippen molar-refractivity contribution >= 4 is 16.9 Å². The standard InChI is InChI=1S/C18H21NO4/c1-10(2)23-13-6-7-16-15(8-13)18(22)14(9-17(20)21)11(3)19(16)12-4-5-12/h6-8,10,12H,4-5,9H2,1-3H3,(H,20,21). The molecule has 1 aromatic carbocycles. The molecule has 1 aliphatic carbocycles. The number of nitrogens with zero attached hydrogens (tertiary/aromatic N) is 1. The molecular weight excluding hydrogens is 294 g/mol. The highest BCUT2D eigenvalue weighted by molar-refractivity contribution is 5.83. The Morgan fingerprint density at radius 2 is 2.09 bits per heavy atom. The van der Waals surface area contributed by atoms with Crippen molar-refractivity contribution < 1.29 is 14.6 Å².